The van der Waals surface area contributed by atoms with Gasteiger partial charge in [-0.15, -0.1) is 0 Å². The Morgan fingerprint density at radius 2 is 2.00 bits per heavy atom. The van der Waals surface area contributed by atoms with Crippen molar-refractivity contribution in [2.75, 3.05) is 13.2 Å². The topological polar surface area (TPSA) is 93.5 Å². The summed E-state index contributed by atoms with van der Waals surface area (Å²) in [5.41, 5.74) is 1.31. The Hall–Kier alpha value is -2.83. The molecule has 0 saturated carbocycles. The molecule has 0 aliphatic rings. The Labute approximate surface area is 153 Å². The van der Waals surface area contributed by atoms with Gasteiger partial charge in [0.2, 0.25) is 0 Å². The molecule has 1 heterocycles. The van der Waals surface area contributed by atoms with E-state index in [-0.39, 0.29) is 12.5 Å². The number of carboxylic acids is 1. The van der Waals surface area contributed by atoms with E-state index in [4.69, 9.17) is 4.74 Å². The van der Waals surface area contributed by atoms with Crippen LogP contribution in [0.15, 0.2) is 36.7 Å². The number of ether oxygens (including phenoxy) is 1. The van der Waals surface area contributed by atoms with E-state index in [1.807, 2.05) is 38.1 Å². The van der Waals surface area contributed by atoms with Crippen molar-refractivity contribution in [3.05, 3.63) is 47.8 Å². The zero-order chi connectivity index (χ0) is 18.9. The minimum Gasteiger partial charge on any atom is -0.494 e. The maximum absolute atomic E-state index is 12.2. The Kier molecular flexibility index (Phi) is 7.20. The second-order valence-corrected chi connectivity index (χ2v) is 6.02. The summed E-state index contributed by atoms with van der Waals surface area (Å²) in [7, 11) is 0. The number of carbonyl (C=O) groups excluding carboxylic acids is 1. The Morgan fingerprint density at radius 3 is 2.62 bits per heavy atom. The molecule has 1 aromatic heterocycles. The first-order chi connectivity index (χ1) is 12.5. The maximum atomic E-state index is 12.2. The summed E-state index contributed by atoms with van der Waals surface area (Å²) in [6, 6.07) is 7.33. The molecule has 0 aliphatic carbocycles. The number of aryl methyl sites for hydroxylation is 1. The number of amides is 1. The van der Waals surface area contributed by atoms with Crippen molar-refractivity contribution in [2.24, 2.45) is 5.92 Å². The molecular formula is C19H25N3O4. The molecule has 0 saturated heterocycles. The largest absolute Gasteiger partial charge is 0.494 e. The fourth-order valence-electron chi connectivity index (χ4n) is 2.57. The summed E-state index contributed by atoms with van der Waals surface area (Å²) in [4.78, 5) is 23.7. The van der Waals surface area contributed by atoms with E-state index in [0.29, 0.717) is 18.6 Å². The smallest absolute Gasteiger partial charge is 0.308 e. The average Bonchev–Trinajstić information content (AvgIpc) is 3.09. The van der Waals surface area contributed by atoms with Gasteiger partial charge in [0, 0.05) is 19.3 Å². The average molecular weight is 359 g/mol. The number of hydrogen-bond donors (Lipinski definition) is 2. The lowest BCUT2D eigenvalue weighted by molar-refractivity contribution is -0.141. The van der Waals surface area contributed by atoms with Gasteiger partial charge in [-0.2, -0.15) is 5.10 Å². The van der Waals surface area contributed by atoms with E-state index in [9.17, 15) is 14.7 Å². The van der Waals surface area contributed by atoms with Gasteiger partial charge in [0.25, 0.3) is 5.91 Å². The van der Waals surface area contributed by atoms with E-state index in [0.717, 1.165) is 24.3 Å². The van der Waals surface area contributed by atoms with Crippen molar-refractivity contribution in [3.63, 3.8) is 0 Å². The molecular weight excluding hydrogens is 334 g/mol. The van der Waals surface area contributed by atoms with Crippen LogP contribution in [0.25, 0.3) is 0 Å². The number of aromatic nitrogens is 2. The van der Waals surface area contributed by atoms with Crippen LogP contribution in [0, 0.1) is 5.92 Å². The number of hydrogen-bond acceptors (Lipinski definition) is 4. The summed E-state index contributed by atoms with van der Waals surface area (Å²) in [5.74, 6) is -1.21. The molecule has 0 aliphatic heterocycles. The van der Waals surface area contributed by atoms with Crippen LogP contribution in [-0.2, 0) is 17.8 Å². The molecule has 1 unspecified atom stereocenters. The second-order valence-electron chi connectivity index (χ2n) is 6.02. The summed E-state index contributed by atoms with van der Waals surface area (Å²) >= 11 is 0. The Morgan fingerprint density at radius 1 is 1.27 bits per heavy atom. The summed E-state index contributed by atoms with van der Waals surface area (Å²) in [6.07, 6.45) is 4.41. The number of nitrogens with one attached hydrogen (secondary N) is 1. The van der Waals surface area contributed by atoms with Gasteiger partial charge in [0.15, 0.2) is 0 Å². The van der Waals surface area contributed by atoms with Gasteiger partial charge in [-0.25, -0.2) is 0 Å². The van der Waals surface area contributed by atoms with E-state index in [1.54, 1.807) is 10.9 Å². The van der Waals surface area contributed by atoms with Crippen LogP contribution in [0.2, 0.25) is 0 Å². The molecule has 1 aromatic carbocycles. The third kappa shape index (κ3) is 5.61. The third-order valence-corrected chi connectivity index (χ3v) is 3.92. The lowest BCUT2D eigenvalue weighted by atomic mass is 9.99. The van der Waals surface area contributed by atoms with Gasteiger partial charge in [-0.05, 0) is 37.5 Å². The van der Waals surface area contributed by atoms with Gasteiger partial charge < -0.3 is 15.2 Å². The molecule has 26 heavy (non-hydrogen) atoms. The molecule has 0 radical (unpaired) electrons. The molecule has 1 atom stereocenters. The highest BCUT2D eigenvalue weighted by molar-refractivity contribution is 5.93. The van der Waals surface area contributed by atoms with Crippen molar-refractivity contribution < 1.29 is 19.4 Å². The summed E-state index contributed by atoms with van der Waals surface area (Å²) < 4.78 is 7.08. The van der Waals surface area contributed by atoms with Crippen LogP contribution < -0.4 is 10.1 Å². The standard InChI is InChI=1S/C19H25N3O4/c1-3-9-22-13-16(12-21-22)18(23)20-11-15(19(24)25)10-14-5-7-17(8-6-14)26-4-2/h5-8,12-13,15H,3-4,9-11H2,1-2H3,(H,20,23)(H,24,25). The monoisotopic (exact) mass is 359 g/mol. The third-order valence-electron chi connectivity index (χ3n) is 3.92. The minimum atomic E-state index is -0.944. The Bertz CT molecular complexity index is 725. The first kappa shape index (κ1) is 19.5. The molecule has 7 nitrogen and oxygen atoms in total. The molecule has 0 fully saturated rings. The zero-order valence-corrected chi connectivity index (χ0v) is 15.1. The number of benzene rings is 1. The number of carboxylic acid groups (broad SMARTS) is 1. The normalized spacial score (nSPS) is 11.8. The van der Waals surface area contributed by atoms with Crippen LogP contribution in [0.3, 0.4) is 0 Å². The highest BCUT2D eigenvalue weighted by atomic mass is 16.5. The number of nitrogens with zero attached hydrogens (tertiary/aromatic N) is 2. The van der Waals surface area contributed by atoms with Gasteiger partial charge in [-0.1, -0.05) is 19.1 Å². The second kappa shape index (κ2) is 9.60. The molecule has 2 aromatic rings. The first-order valence-electron chi connectivity index (χ1n) is 8.78. The summed E-state index contributed by atoms with van der Waals surface area (Å²) in [6.45, 7) is 5.31. The van der Waals surface area contributed by atoms with Crippen molar-refractivity contribution in [1.82, 2.24) is 15.1 Å². The predicted molar refractivity (Wildman–Crippen MR) is 97.3 cm³/mol. The summed E-state index contributed by atoms with van der Waals surface area (Å²) in [5, 5.41) is 16.2. The SMILES string of the molecule is CCCn1cc(C(=O)NCC(Cc2ccc(OCC)cc2)C(=O)O)cn1. The molecule has 7 heteroatoms. The van der Waals surface area contributed by atoms with Crippen molar-refractivity contribution >= 4 is 11.9 Å². The van der Waals surface area contributed by atoms with Crippen molar-refractivity contribution in [2.45, 2.75) is 33.2 Å². The van der Waals surface area contributed by atoms with Crippen LogP contribution in [0.5, 0.6) is 5.75 Å². The molecule has 140 valence electrons. The van der Waals surface area contributed by atoms with Crippen molar-refractivity contribution in [1.29, 1.82) is 0 Å². The van der Waals surface area contributed by atoms with Crippen LogP contribution in [0.4, 0.5) is 0 Å². The molecule has 0 bridgehead atoms. The van der Waals surface area contributed by atoms with E-state index in [2.05, 4.69) is 10.4 Å². The highest BCUT2D eigenvalue weighted by Crippen LogP contribution is 2.15. The van der Waals surface area contributed by atoms with Crippen LogP contribution >= 0.6 is 0 Å². The van der Waals surface area contributed by atoms with Gasteiger partial charge in [-0.3, -0.25) is 14.3 Å². The van der Waals surface area contributed by atoms with Gasteiger partial charge >= 0.3 is 5.97 Å². The zero-order valence-electron chi connectivity index (χ0n) is 15.1. The van der Waals surface area contributed by atoms with E-state index in [1.165, 1.54) is 6.20 Å². The molecule has 1 amide bonds. The lowest BCUT2D eigenvalue weighted by Crippen LogP contribution is -2.34. The minimum absolute atomic E-state index is 0.0559. The number of aliphatic carboxylic acids is 1. The highest BCUT2D eigenvalue weighted by Gasteiger charge is 2.20. The fourth-order valence-corrected chi connectivity index (χ4v) is 2.57. The van der Waals surface area contributed by atoms with Crippen LogP contribution in [0.1, 0.15) is 36.2 Å². The van der Waals surface area contributed by atoms with Crippen LogP contribution in [-0.4, -0.2) is 39.9 Å². The van der Waals surface area contributed by atoms with E-state index >= 15 is 0 Å². The maximum Gasteiger partial charge on any atom is 0.308 e. The quantitative estimate of drug-likeness (QED) is 0.679. The number of rotatable bonds is 10. The van der Waals surface area contributed by atoms with Crippen molar-refractivity contribution in [3.8, 4) is 5.75 Å². The lowest BCUT2D eigenvalue weighted by Gasteiger charge is -2.13. The molecule has 0 spiro atoms. The Balaban J connectivity index is 1.92. The predicted octanol–water partition coefficient (Wildman–Crippen LogP) is 2.37. The first-order valence-corrected chi connectivity index (χ1v) is 8.78. The van der Waals surface area contributed by atoms with E-state index < -0.39 is 11.9 Å². The van der Waals surface area contributed by atoms with Gasteiger partial charge in [0.05, 0.1) is 24.3 Å². The molecule has 2 rings (SSSR count). The molecule has 2 N–H and O–H groups in total. The fraction of sp³-hybridized carbons (Fsp3) is 0.421. The number of carbonyl (C=O) groups is 2. The van der Waals surface area contributed by atoms with Gasteiger partial charge in [0.1, 0.15) is 5.75 Å².